The van der Waals surface area contributed by atoms with Crippen LogP contribution in [0, 0.1) is 5.92 Å². The Bertz CT molecular complexity index is 237. The number of halogens is 1. The van der Waals surface area contributed by atoms with Crippen molar-refractivity contribution in [2.24, 2.45) is 5.92 Å². The number of ether oxygens (including phenoxy) is 1. The minimum Gasteiger partial charge on any atom is -0.481 e. The summed E-state index contributed by atoms with van der Waals surface area (Å²) in [6.07, 6.45) is -0.748. The van der Waals surface area contributed by atoms with Crippen LogP contribution in [0.2, 0.25) is 0 Å². The topological polar surface area (TPSA) is 75.6 Å². The lowest BCUT2D eigenvalue weighted by molar-refractivity contribution is -0.142. The number of nitrogens with one attached hydrogen (secondary N) is 1. The summed E-state index contributed by atoms with van der Waals surface area (Å²) in [4.78, 5) is 21.4. The van der Waals surface area contributed by atoms with Gasteiger partial charge in [-0.05, 0) is 20.8 Å². The Kier molecular flexibility index (Phi) is 5.04. The Morgan fingerprint density at radius 1 is 1.47 bits per heavy atom. The van der Waals surface area contributed by atoms with Gasteiger partial charge in [0, 0.05) is 6.54 Å². The number of carbonyl (C=O) groups is 2. The highest BCUT2D eigenvalue weighted by Crippen LogP contribution is 2.06. The van der Waals surface area contributed by atoms with E-state index in [0.29, 0.717) is 0 Å². The van der Waals surface area contributed by atoms with Crippen LogP contribution >= 0.6 is 0 Å². The number of carboxylic acids is 1. The predicted octanol–water partition coefficient (Wildman–Crippen LogP) is 1.18. The summed E-state index contributed by atoms with van der Waals surface area (Å²) in [5.41, 5.74) is -0.654. The fourth-order valence-corrected chi connectivity index (χ4v) is 0.729. The summed E-state index contributed by atoms with van der Waals surface area (Å²) >= 11 is 0. The molecule has 1 unspecified atom stereocenters. The van der Waals surface area contributed by atoms with Gasteiger partial charge in [0.2, 0.25) is 0 Å². The van der Waals surface area contributed by atoms with E-state index < -0.39 is 30.3 Å². The molecular weight excluding hydrogens is 205 g/mol. The van der Waals surface area contributed by atoms with Crippen molar-refractivity contribution in [3.8, 4) is 0 Å². The molecule has 88 valence electrons. The molecule has 5 nitrogen and oxygen atoms in total. The summed E-state index contributed by atoms with van der Waals surface area (Å²) in [5.74, 6) is -2.51. The highest BCUT2D eigenvalue weighted by molar-refractivity contribution is 5.72. The molecule has 0 radical (unpaired) electrons. The van der Waals surface area contributed by atoms with Crippen molar-refractivity contribution < 1.29 is 23.8 Å². The summed E-state index contributed by atoms with van der Waals surface area (Å²) in [6.45, 7) is 3.73. The molecule has 0 spiro atoms. The predicted molar refractivity (Wildman–Crippen MR) is 51.3 cm³/mol. The SMILES string of the molecule is CC(C)(C)OC(=O)NCC(CF)C(=O)O. The number of hydrogen-bond donors (Lipinski definition) is 2. The van der Waals surface area contributed by atoms with Crippen LogP contribution in [0.3, 0.4) is 0 Å². The van der Waals surface area contributed by atoms with Crippen molar-refractivity contribution in [3.05, 3.63) is 0 Å². The zero-order chi connectivity index (χ0) is 12.1. The Hall–Kier alpha value is -1.33. The number of hydrogen-bond acceptors (Lipinski definition) is 3. The first kappa shape index (κ1) is 13.7. The van der Waals surface area contributed by atoms with E-state index in [2.05, 4.69) is 5.32 Å². The fourth-order valence-electron chi connectivity index (χ4n) is 0.729. The molecule has 0 aromatic rings. The molecule has 0 fully saturated rings. The minimum absolute atomic E-state index is 0.277. The van der Waals surface area contributed by atoms with Crippen LogP contribution in [0.5, 0.6) is 0 Å². The molecule has 0 aliphatic heterocycles. The first-order valence-electron chi connectivity index (χ1n) is 4.52. The van der Waals surface area contributed by atoms with Gasteiger partial charge < -0.3 is 15.2 Å². The Balaban J connectivity index is 3.94. The average molecular weight is 221 g/mol. The van der Waals surface area contributed by atoms with Gasteiger partial charge in [-0.25, -0.2) is 4.79 Å². The van der Waals surface area contributed by atoms with Crippen molar-refractivity contribution >= 4 is 12.1 Å². The van der Waals surface area contributed by atoms with E-state index >= 15 is 0 Å². The summed E-state index contributed by atoms with van der Waals surface area (Å²) in [7, 11) is 0. The van der Waals surface area contributed by atoms with Gasteiger partial charge in [-0.1, -0.05) is 0 Å². The largest absolute Gasteiger partial charge is 0.481 e. The van der Waals surface area contributed by atoms with E-state index in [9.17, 15) is 14.0 Å². The molecule has 0 aliphatic rings. The monoisotopic (exact) mass is 221 g/mol. The van der Waals surface area contributed by atoms with E-state index in [1.807, 2.05) is 0 Å². The standard InChI is InChI=1S/C9H16FNO4/c1-9(2,3)15-8(14)11-5-6(4-10)7(12)13/h6H,4-5H2,1-3H3,(H,11,14)(H,12,13). The summed E-state index contributed by atoms with van der Waals surface area (Å²) < 4.78 is 17.0. The summed E-state index contributed by atoms with van der Waals surface area (Å²) in [5, 5.41) is 10.7. The molecule has 15 heavy (non-hydrogen) atoms. The highest BCUT2D eigenvalue weighted by atomic mass is 19.1. The van der Waals surface area contributed by atoms with Crippen molar-refractivity contribution in [3.63, 3.8) is 0 Å². The number of alkyl carbamates (subject to hydrolysis) is 1. The second-order valence-electron chi connectivity index (χ2n) is 4.07. The van der Waals surface area contributed by atoms with E-state index in [4.69, 9.17) is 9.84 Å². The van der Waals surface area contributed by atoms with Gasteiger partial charge in [0.05, 0.1) is 0 Å². The van der Waals surface area contributed by atoms with Crippen LogP contribution < -0.4 is 5.32 Å². The first-order chi connectivity index (χ1) is 6.76. The van der Waals surface area contributed by atoms with Crippen molar-refractivity contribution in [1.29, 1.82) is 0 Å². The number of carboxylic acid groups (broad SMARTS) is 1. The second-order valence-corrected chi connectivity index (χ2v) is 4.07. The van der Waals surface area contributed by atoms with Gasteiger partial charge in [-0.15, -0.1) is 0 Å². The van der Waals surface area contributed by atoms with E-state index in [1.54, 1.807) is 20.8 Å². The molecule has 0 aliphatic carbocycles. The maximum atomic E-state index is 12.1. The third-order valence-electron chi connectivity index (χ3n) is 1.43. The highest BCUT2D eigenvalue weighted by Gasteiger charge is 2.20. The molecule has 1 atom stereocenters. The van der Waals surface area contributed by atoms with Crippen LogP contribution in [0.15, 0.2) is 0 Å². The van der Waals surface area contributed by atoms with Gasteiger partial charge in [-0.3, -0.25) is 9.18 Å². The molecule has 6 heteroatoms. The van der Waals surface area contributed by atoms with Crippen LogP contribution in [0.25, 0.3) is 0 Å². The number of rotatable bonds is 4. The van der Waals surface area contributed by atoms with Gasteiger partial charge in [0.1, 0.15) is 18.2 Å². The molecular formula is C9H16FNO4. The van der Waals surface area contributed by atoms with Crippen LogP contribution in [-0.4, -0.2) is 36.0 Å². The van der Waals surface area contributed by atoms with E-state index in [0.717, 1.165) is 0 Å². The molecule has 2 N–H and O–H groups in total. The Labute approximate surface area is 87.6 Å². The Morgan fingerprint density at radius 2 is 2.00 bits per heavy atom. The number of alkyl halides is 1. The normalized spacial score (nSPS) is 13.1. The number of carbonyl (C=O) groups excluding carboxylic acids is 1. The average Bonchev–Trinajstić information content (AvgIpc) is 2.01. The number of aliphatic carboxylic acids is 1. The molecule has 0 bridgehead atoms. The Morgan fingerprint density at radius 3 is 2.33 bits per heavy atom. The molecule has 0 saturated carbocycles. The van der Waals surface area contributed by atoms with Crippen LogP contribution in [0.4, 0.5) is 9.18 Å². The van der Waals surface area contributed by atoms with E-state index in [1.165, 1.54) is 0 Å². The van der Waals surface area contributed by atoms with Gasteiger partial charge in [-0.2, -0.15) is 0 Å². The summed E-state index contributed by atoms with van der Waals surface area (Å²) in [6, 6.07) is 0. The first-order valence-corrected chi connectivity index (χ1v) is 4.52. The molecule has 0 rings (SSSR count). The minimum atomic E-state index is -1.28. The van der Waals surface area contributed by atoms with Gasteiger partial charge >= 0.3 is 12.1 Å². The van der Waals surface area contributed by atoms with Crippen LogP contribution in [0.1, 0.15) is 20.8 Å². The van der Waals surface area contributed by atoms with Gasteiger partial charge in [0.25, 0.3) is 0 Å². The smallest absolute Gasteiger partial charge is 0.407 e. The van der Waals surface area contributed by atoms with Crippen molar-refractivity contribution in [2.45, 2.75) is 26.4 Å². The lowest BCUT2D eigenvalue weighted by Crippen LogP contribution is -2.37. The zero-order valence-electron chi connectivity index (χ0n) is 9.04. The lowest BCUT2D eigenvalue weighted by Gasteiger charge is -2.20. The lowest BCUT2D eigenvalue weighted by atomic mass is 10.2. The fraction of sp³-hybridized carbons (Fsp3) is 0.778. The third kappa shape index (κ3) is 6.70. The second kappa shape index (κ2) is 5.53. The molecule has 1 amide bonds. The molecule has 0 saturated heterocycles. The van der Waals surface area contributed by atoms with Crippen molar-refractivity contribution in [2.75, 3.05) is 13.2 Å². The maximum Gasteiger partial charge on any atom is 0.407 e. The quantitative estimate of drug-likeness (QED) is 0.747. The molecule has 0 heterocycles. The van der Waals surface area contributed by atoms with Crippen LogP contribution in [-0.2, 0) is 9.53 Å². The van der Waals surface area contributed by atoms with E-state index in [-0.39, 0.29) is 6.54 Å². The molecule has 0 aromatic carbocycles. The zero-order valence-corrected chi connectivity index (χ0v) is 9.04. The molecule has 0 aromatic heterocycles. The third-order valence-corrected chi connectivity index (χ3v) is 1.43. The maximum absolute atomic E-state index is 12.1. The van der Waals surface area contributed by atoms with Crippen molar-refractivity contribution in [1.82, 2.24) is 5.32 Å². The van der Waals surface area contributed by atoms with Gasteiger partial charge in [0.15, 0.2) is 0 Å². The number of amides is 1.